The molecule has 0 aliphatic carbocycles. The van der Waals surface area contributed by atoms with Gasteiger partial charge in [-0.25, -0.2) is 8.42 Å². The average molecular weight is 495 g/mol. The molecular formula is C27H34N4O3S. The van der Waals surface area contributed by atoms with Crippen LogP contribution in [0.3, 0.4) is 0 Å². The summed E-state index contributed by atoms with van der Waals surface area (Å²) in [4.78, 5) is 17.6. The van der Waals surface area contributed by atoms with Gasteiger partial charge in [0.25, 0.3) is 0 Å². The molecule has 8 heteroatoms. The number of fused-ring (bicyclic) bond motifs is 1. The fraction of sp³-hybridized carbons (Fsp3) is 0.370. The van der Waals surface area contributed by atoms with Crippen LogP contribution in [0.5, 0.6) is 0 Å². The Balaban J connectivity index is 1.27. The van der Waals surface area contributed by atoms with E-state index in [-0.39, 0.29) is 17.3 Å². The summed E-state index contributed by atoms with van der Waals surface area (Å²) in [5, 5.41) is 4.65. The van der Waals surface area contributed by atoms with Crippen LogP contribution >= 0.6 is 0 Å². The average Bonchev–Trinajstić information content (AvgIpc) is 2.88. The summed E-state index contributed by atoms with van der Waals surface area (Å²) in [5.41, 5.74) is 2.24. The largest absolute Gasteiger partial charge is 0.351 e. The zero-order valence-corrected chi connectivity index (χ0v) is 21.3. The van der Waals surface area contributed by atoms with Gasteiger partial charge in [0.2, 0.25) is 15.9 Å². The lowest BCUT2D eigenvalue weighted by atomic mass is 10.1. The van der Waals surface area contributed by atoms with Crippen molar-refractivity contribution in [3.63, 3.8) is 0 Å². The highest BCUT2D eigenvalue weighted by molar-refractivity contribution is 7.89. The van der Waals surface area contributed by atoms with Crippen molar-refractivity contribution >= 4 is 26.7 Å². The number of benzene rings is 3. The van der Waals surface area contributed by atoms with Gasteiger partial charge >= 0.3 is 0 Å². The van der Waals surface area contributed by atoms with Gasteiger partial charge < -0.3 is 10.2 Å². The zero-order chi connectivity index (χ0) is 24.8. The molecule has 1 fully saturated rings. The maximum Gasteiger partial charge on any atom is 0.243 e. The minimum Gasteiger partial charge on any atom is -0.351 e. The van der Waals surface area contributed by atoms with E-state index in [0.717, 1.165) is 59.9 Å². The molecule has 0 aromatic heterocycles. The van der Waals surface area contributed by atoms with Gasteiger partial charge in [0.1, 0.15) is 0 Å². The third kappa shape index (κ3) is 6.46. The second kappa shape index (κ2) is 11.3. The molecule has 0 atom stereocenters. The topological polar surface area (TPSA) is 73.0 Å². The summed E-state index contributed by atoms with van der Waals surface area (Å²) >= 11 is 0. The van der Waals surface area contributed by atoms with Crippen LogP contribution in [0.1, 0.15) is 18.1 Å². The van der Waals surface area contributed by atoms with Crippen LogP contribution in [0, 0.1) is 0 Å². The number of sulfonamides is 1. The molecular weight excluding hydrogens is 460 g/mol. The van der Waals surface area contributed by atoms with E-state index in [0.29, 0.717) is 6.54 Å². The van der Waals surface area contributed by atoms with E-state index in [4.69, 9.17) is 0 Å². The highest BCUT2D eigenvalue weighted by Crippen LogP contribution is 2.21. The molecule has 1 N–H and O–H groups in total. The Morgan fingerprint density at radius 2 is 1.51 bits per heavy atom. The number of carbonyl (C=O) groups excluding carboxylic acids is 1. The molecule has 0 unspecified atom stereocenters. The number of hydrogen-bond donors (Lipinski definition) is 1. The first-order valence-corrected chi connectivity index (χ1v) is 13.5. The molecule has 1 aliphatic heterocycles. The third-order valence-corrected chi connectivity index (χ3v) is 8.43. The first-order chi connectivity index (χ1) is 16.8. The van der Waals surface area contributed by atoms with Crippen LogP contribution in [0.15, 0.2) is 71.6 Å². The number of hydrogen-bond acceptors (Lipinski definition) is 5. The van der Waals surface area contributed by atoms with Gasteiger partial charge in [-0.1, -0.05) is 61.5 Å². The monoisotopic (exact) mass is 494 g/mol. The van der Waals surface area contributed by atoms with Crippen molar-refractivity contribution in [2.24, 2.45) is 0 Å². The lowest BCUT2D eigenvalue weighted by Crippen LogP contribution is -2.45. The number of amides is 1. The Kier molecular flexibility index (Phi) is 8.18. The van der Waals surface area contributed by atoms with Crippen LogP contribution in [0.2, 0.25) is 0 Å². The van der Waals surface area contributed by atoms with Gasteiger partial charge in [0, 0.05) is 46.3 Å². The molecule has 35 heavy (non-hydrogen) atoms. The summed E-state index contributed by atoms with van der Waals surface area (Å²) in [7, 11) is -2.34. The van der Waals surface area contributed by atoms with Crippen LogP contribution < -0.4 is 5.32 Å². The molecule has 1 saturated heterocycles. The van der Waals surface area contributed by atoms with Crippen LogP contribution in [-0.2, 0) is 27.9 Å². The Labute approximate surface area is 208 Å². The van der Waals surface area contributed by atoms with Crippen molar-refractivity contribution in [3.05, 3.63) is 77.9 Å². The van der Waals surface area contributed by atoms with E-state index in [1.165, 1.54) is 12.6 Å². The number of likely N-dealkylation sites (N-methyl/N-ethyl adjacent to an activating group) is 2. The smallest absolute Gasteiger partial charge is 0.243 e. The molecule has 186 valence electrons. The fourth-order valence-corrected chi connectivity index (χ4v) is 5.50. The fourth-order valence-electron chi connectivity index (χ4n) is 4.34. The predicted octanol–water partition coefficient (Wildman–Crippen LogP) is 2.91. The predicted molar refractivity (Wildman–Crippen MR) is 139 cm³/mol. The standard InChI is InChI=1S/C27H34N4O3S/c1-3-30-14-16-31(17-15-30)20-23-10-8-22(9-11-23)19-28-27(32)21-29(2)35(33,34)26-13-12-24-6-4-5-7-25(24)18-26/h4-13,18H,3,14-17,19-21H2,1-2H3,(H,28,32). The summed E-state index contributed by atoms with van der Waals surface area (Å²) < 4.78 is 27.0. The third-order valence-electron chi connectivity index (χ3n) is 6.63. The van der Waals surface area contributed by atoms with Crippen LogP contribution in [-0.4, -0.2) is 74.7 Å². The van der Waals surface area contributed by atoms with Crippen molar-refractivity contribution in [1.82, 2.24) is 19.4 Å². The van der Waals surface area contributed by atoms with E-state index in [2.05, 4.69) is 34.2 Å². The van der Waals surface area contributed by atoms with Crippen molar-refractivity contribution < 1.29 is 13.2 Å². The lowest BCUT2D eigenvalue weighted by Gasteiger charge is -2.34. The Bertz CT molecular complexity index is 1250. The van der Waals surface area contributed by atoms with Gasteiger partial charge in [-0.15, -0.1) is 0 Å². The second-order valence-electron chi connectivity index (χ2n) is 9.07. The first kappa shape index (κ1) is 25.3. The quantitative estimate of drug-likeness (QED) is 0.495. The number of nitrogens with one attached hydrogen (secondary N) is 1. The second-order valence-corrected chi connectivity index (χ2v) is 11.1. The van der Waals surface area contributed by atoms with E-state index in [9.17, 15) is 13.2 Å². The Morgan fingerprint density at radius 3 is 2.20 bits per heavy atom. The Hall–Kier alpha value is -2.78. The maximum atomic E-state index is 13.0. The number of carbonyl (C=O) groups is 1. The highest BCUT2D eigenvalue weighted by atomic mass is 32.2. The molecule has 0 bridgehead atoms. The summed E-state index contributed by atoms with van der Waals surface area (Å²) in [6.45, 7) is 8.77. The molecule has 7 nitrogen and oxygen atoms in total. The molecule has 1 amide bonds. The van der Waals surface area contributed by atoms with Gasteiger partial charge in [-0.05, 0) is 40.6 Å². The first-order valence-electron chi connectivity index (χ1n) is 12.1. The molecule has 4 rings (SSSR count). The van der Waals surface area contributed by atoms with E-state index < -0.39 is 10.0 Å². The number of nitrogens with zero attached hydrogens (tertiary/aromatic N) is 3. The van der Waals surface area contributed by atoms with Gasteiger partial charge in [0.05, 0.1) is 11.4 Å². The zero-order valence-electron chi connectivity index (χ0n) is 20.5. The molecule has 0 saturated carbocycles. The van der Waals surface area contributed by atoms with Crippen molar-refractivity contribution in [2.45, 2.75) is 24.9 Å². The summed E-state index contributed by atoms with van der Waals surface area (Å²) in [6.07, 6.45) is 0. The summed E-state index contributed by atoms with van der Waals surface area (Å²) in [6, 6.07) is 20.8. The molecule has 0 radical (unpaired) electrons. The normalized spacial score (nSPS) is 15.5. The van der Waals surface area contributed by atoms with E-state index in [1.807, 2.05) is 36.4 Å². The van der Waals surface area contributed by atoms with Gasteiger partial charge in [-0.2, -0.15) is 4.31 Å². The lowest BCUT2D eigenvalue weighted by molar-refractivity contribution is -0.121. The minimum absolute atomic E-state index is 0.179. The van der Waals surface area contributed by atoms with Crippen molar-refractivity contribution in [3.8, 4) is 0 Å². The number of piperazine rings is 1. The minimum atomic E-state index is -3.77. The molecule has 1 aliphatic rings. The SMILES string of the molecule is CCN1CCN(Cc2ccc(CNC(=O)CN(C)S(=O)(=O)c3ccc4ccccc4c3)cc2)CC1. The molecule has 3 aromatic carbocycles. The highest BCUT2D eigenvalue weighted by Gasteiger charge is 2.23. The molecule has 1 heterocycles. The van der Waals surface area contributed by atoms with Gasteiger partial charge in [-0.3, -0.25) is 9.69 Å². The Morgan fingerprint density at radius 1 is 0.886 bits per heavy atom. The van der Waals surface area contributed by atoms with Gasteiger partial charge in [0.15, 0.2) is 0 Å². The molecule has 3 aromatic rings. The maximum absolute atomic E-state index is 13.0. The number of rotatable bonds is 9. The van der Waals surface area contributed by atoms with Crippen LogP contribution in [0.4, 0.5) is 0 Å². The van der Waals surface area contributed by atoms with E-state index >= 15 is 0 Å². The van der Waals surface area contributed by atoms with E-state index in [1.54, 1.807) is 18.2 Å². The van der Waals surface area contributed by atoms with Crippen LogP contribution in [0.25, 0.3) is 10.8 Å². The van der Waals surface area contributed by atoms with Crippen molar-refractivity contribution in [2.75, 3.05) is 46.3 Å². The summed E-state index contributed by atoms with van der Waals surface area (Å²) in [5.74, 6) is -0.338. The van der Waals surface area contributed by atoms with Crippen molar-refractivity contribution in [1.29, 1.82) is 0 Å². The molecule has 0 spiro atoms.